The van der Waals surface area contributed by atoms with E-state index in [1.54, 1.807) is 16.2 Å². The summed E-state index contributed by atoms with van der Waals surface area (Å²) in [6.07, 6.45) is -0.479. The molecule has 1 N–H and O–H groups in total. The molecule has 1 atom stereocenters. The van der Waals surface area contributed by atoms with Gasteiger partial charge in [0.25, 0.3) is 0 Å². The molecule has 0 aromatic carbocycles. The molecule has 0 bridgehead atoms. The van der Waals surface area contributed by atoms with Crippen molar-refractivity contribution in [3.63, 3.8) is 0 Å². The highest BCUT2D eigenvalue weighted by Crippen LogP contribution is 2.30. The lowest BCUT2D eigenvalue weighted by molar-refractivity contribution is -0.150. The normalized spacial score (nSPS) is 19.9. The van der Waals surface area contributed by atoms with Gasteiger partial charge in [-0.25, -0.2) is 0 Å². The van der Waals surface area contributed by atoms with Crippen LogP contribution in [0.5, 0.6) is 0 Å². The molecule has 1 aromatic heterocycles. The summed E-state index contributed by atoms with van der Waals surface area (Å²) in [5.74, 6) is -0.875. The van der Waals surface area contributed by atoms with Crippen LogP contribution in [0.25, 0.3) is 0 Å². The molecule has 1 aromatic rings. The number of rotatable bonds is 4. The average Bonchev–Trinajstić information content (AvgIpc) is 2.92. The van der Waals surface area contributed by atoms with E-state index in [0.29, 0.717) is 19.7 Å². The number of carbonyl (C=O) groups is 2. The Morgan fingerprint density at radius 2 is 2.30 bits per heavy atom. The van der Waals surface area contributed by atoms with Gasteiger partial charge < -0.3 is 14.7 Å². The first-order chi connectivity index (χ1) is 9.41. The molecule has 6 heteroatoms. The fourth-order valence-electron chi connectivity index (χ4n) is 2.36. The predicted octanol–water partition coefficient (Wildman–Crippen LogP) is 1.73. The van der Waals surface area contributed by atoms with Crippen LogP contribution in [0.2, 0.25) is 0 Å². The number of carboxylic acid groups (broad SMARTS) is 1. The SMILES string of the molecule is CC(C)(C(=O)N1CCOC(CC(=O)O)C1)c1cccs1. The van der Waals surface area contributed by atoms with E-state index in [9.17, 15) is 9.59 Å². The predicted molar refractivity (Wildman–Crippen MR) is 75.9 cm³/mol. The number of amides is 1. The molecule has 1 aliphatic heterocycles. The first kappa shape index (κ1) is 15.0. The maximum atomic E-state index is 12.7. The van der Waals surface area contributed by atoms with Gasteiger partial charge >= 0.3 is 5.97 Å². The van der Waals surface area contributed by atoms with Gasteiger partial charge in [0.1, 0.15) is 0 Å². The lowest BCUT2D eigenvalue weighted by Crippen LogP contribution is -2.51. The zero-order valence-corrected chi connectivity index (χ0v) is 12.5. The Labute approximate surface area is 122 Å². The molecule has 1 saturated heterocycles. The highest BCUT2D eigenvalue weighted by atomic mass is 32.1. The summed E-state index contributed by atoms with van der Waals surface area (Å²) in [6, 6.07) is 3.89. The molecule has 110 valence electrons. The van der Waals surface area contributed by atoms with E-state index < -0.39 is 17.5 Å². The molecule has 2 rings (SSSR count). The average molecular weight is 297 g/mol. The molecular weight excluding hydrogens is 278 g/mol. The highest BCUT2D eigenvalue weighted by Gasteiger charge is 2.37. The number of carboxylic acids is 1. The van der Waals surface area contributed by atoms with Gasteiger partial charge in [-0.05, 0) is 25.3 Å². The van der Waals surface area contributed by atoms with Crippen molar-refractivity contribution in [2.75, 3.05) is 19.7 Å². The minimum atomic E-state index is -0.901. The summed E-state index contributed by atoms with van der Waals surface area (Å²) in [5, 5.41) is 10.8. The van der Waals surface area contributed by atoms with E-state index >= 15 is 0 Å². The third-order valence-corrected chi connectivity index (χ3v) is 4.69. The number of hydrogen-bond acceptors (Lipinski definition) is 4. The highest BCUT2D eigenvalue weighted by molar-refractivity contribution is 7.10. The van der Waals surface area contributed by atoms with Crippen molar-refractivity contribution in [1.82, 2.24) is 4.90 Å². The van der Waals surface area contributed by atoms with Gasteiger partial charge in [0.2, 0.25) is 5.91 Å². The Morgan fingerprint density at radius 3 is 2.90 bits per heavy atom. The van der Waals surface area contributed by atoms with Crippen molar-refractivity contribution in [1.29, 1.82) is 0 Å². The van der Waals surface area contributed by atoms with Gasteiger partial charge in [-0.2, -0.15) is 0 Å². The molecule has 1 aliphatic rings. The minimum Gasteiger partial charge on any atom is -0.481 e. The molecule has 0 spiro atoms. The standard InChI is InChI=1S/C14H19NO4S/c1-14(2,11-4-3-7-20-11)13(18)15-5-6-19-10(9-15)8-12(16)17/h3-4,7,10H,5-6,8-9H2,1-2H3,(H,16,17). The summed E-state index contributed by atoms with van der Waals surface area (Å²) in [6.45, 7) is 5.07. The molecule has 0 saturated carbocycles. The number of hydrogen-bond donors (Lipinski definition) is 1. The molecule has 2 heterocycles. The first-order valence-electron chi connectivity index (χ1n) is 6.58. The third-order valence-electron chi connectivity index (χ3n) is 3.50. The van der Waals surface area contributed by atoms with Gasteiger partial charge in [0, 0.05) is 18.0 Å². The van der Waals surface area contributed by atoms with E-state index in [1.807, 2.05) is 31.4 Å². The van der Waals surface area contributed by atoms with Crippen molar-refractivity contribution < 1.29 is 19.4 Å². The molecule has 1 unspecified atom stereocenters. The van der Waals surface area contributed by atoms with E-state index in [2.05, 4.69) is 0 Å². The Hall–Kier alpha value is -1.40. The Bertz CT molecular complexity index is 483. The third kappa shape index (κ3) is 3.19. The molecular formula is C14H19NO4S. The van der Waals surface area contributed by atoms with Gasteiger partial charge in [0.15, 0.2) is 0 Å². The quantitative estimate of drug-likeness (QED) is 0.919. The Kier molecular flexibility index (Phi) is 4.45. The van der Waals surface area contributed by atoms with E-state index in [1.165, 1.54) is 0 Å². The fraction of sp³-hybridized carbons (Fsp3) is 0.571. The van der Waals surface area contributed by atoms with Crippen LogP contribution in [0.4, 0.5) is 0 Å². The smallest absolute Gasteiger partial charge is 0.306 e. The fourth-order valence-corrected chi connectivity index (χ4v) is 3.20. The monoisotopic (exact) mass is 297 g/mol. The summed E-state index contributed by atoms with van der Waals surface area (Å²) < 4.78 is 5.40. The molecule has 1 fully saturated rings. The van der Waals surface area contributed by atoms with Crippen LogP contribution in [0.15, 0.2) is 17.5 Å². The summed E-state index contributed by atoms with van der Waals surface area (Å²) in [7, 11) is 0. The van der Waals surface area contributed by atoms with Gasteiger partial charge in [-0.1, -0.05) is 6.07 Å². The van der Waals surface area contributed by atoms with Crippen molar-refractivity contribution in [3.8, 4) is 0 Å². The summed E-state index contributed by atoms with van der Waals surface area (Å²) in [4.78, 5) is 26.2. The number of carbonyl (C=O) groups excluding carboxylic acids is 1. The molecule has 5 nitrogen and oxygen atoms in total. The number of thiophene rings is 1. The molecule has 0 radical (unpaired) electrons. The van der Waals surface area contributed by atoms with Gasteiger partial charge in [-0.3, -0.25) is 9.59 Å². The Morgan fingerprint density at radius 1 is 1.55 bits per heavy atom. The second kappa shape index (κ2) is 5.93. The van der Waals surface area contributed by atoms with Gasteiger partial charge in [0.05, 0.1) is 24.5 Å². The van der Waals surface area contributed by atoms with E-state index in [-0.39, 0.29) is 12.3 Å². The van der Waals surface area contributed by atoms with Crippen LogP contribution < -0.4 is 0 Å². The zero-order chi connectivity index (χ0) is 14.8. The van der Waals surface area contributed by atoms with Crippen molar-refractivity contribution >= 4 is 23.2 Å². The maximum absolute atomic E-state index is 12.7. The van der Waals surface area contributed by atoms with Crippen LogP contribution in [-0.4, -0.2) is 47.7 Å². The molecule has 20 heavy (non-hydrogen) atoms. The van der Waals surface area contributed by atoms with Crippen LogP contribution in [-0.2, 0) is 19.7 Å². The number of aliphatic carboxylic acids is 1. The van der Waals surface area contributed by atoms with Crippen LogP contribution in [0.3, 0.4) is 0 Å². The first-order valence-corrected chi connectivity index (χ1v) is 7.46. The second-order valence-electron chi connectivity index (χ2n) is 5.44. The number of nitrogens with zero attached hydrogens (tertiary/aromatic N) is 1. The lowest BCUT2D eigenvalue weighted by atomic mass is 9.89. The number of ether oxygens (including phenoxy) is 1. The van der Waals surface area contributed by atoms with Crippen molar-refractivity contribution in [3.05, 3.63) is 22.4 Å². The summed E-state index contributed by atoms with van der Waals surface area (Å²) in [5.41, 5.74) is -0.584. The lowest BCUT2D eigenvalue weighted by Gasteiger charge is -2.37. The van der Waals surface area contributed by atoms with Crippen LogP contribution >= 0.6 is 11.3 Å². The van der Waals surface area contributed by atoms with Crippen LogP contribution in [0, 0.1) is 0 Å². The van der Waals surface area contributed by atoms with Gasteiger partial charge in [-0.15, -0.1) is 11.3 Å². The molecule has 1 amide bonds. The topological polar surface area (TPSA) is 66.8 Å². The van der Waals surface area contributed by atoms with E-state index in [0.717, 1.165) is 4.88 Å². The molecule has 0 aliphatic carbocycles. The summed E-state index contributed by atoms with van der Waals surface area (Å²) >= 11 is 1.56. The number of morpholine rings is 1. The maximum Gasteiger partial charge on any atom is 0.306 e. The van der Waals surface area contributed by atoms with Crippen LogP contribution in [0.1, 0.15) is 25.1 Å². The Balaban J connectivity index is 2.07. The largest absolute Gasteiger partial charge is 0.481 e. The minimum absolute atomic E-state index is 0.0265. The van der Waals surface area contributed by atoms with Crippen molar-refractivity contribution in [2.24, 2.45) is 0 Å². The van der Waals surface area contributed by atoms with E-state index in [4.69, 9.17) is 9.84 Å². The van der Waals surface area contributed by atoms with Crippen molar-refractivity contribution in [2.45, 2.75) is 31.8 Å². The second-order valence-corrected chi connectivity index (χ2v) is 6.39. The zero-order valence-electron chi connectivity index (χ0n) is 11.7.